The molecule has 0 aliphatic carbocycles. The van der Waals surface area contributed by atoms with Crippen LogP contribution in [0.3, 0.4) is 0 Å². The van der Waals surface area contributed by atoms with E-state index in [2.05, 4.69) is 21.3 Å². The lowest BCUT2D eigenvalue weighted by molar-refractivity contribution is -0.138. The zero-order chi connectivity index (χ0) is 24.9. The van der Waals surface area contributed by atoms with E-state index >= 15 is 0 Å². The molecule has 182 valence electrons. The van der Waals surface area contributed by atoms with Crippen LogP contribution in [0, 0.1) is 0 Å². The molecule has 0 radical (unpaired) electrons. The van der Waals surface area contributed by atoms with Gasteiger partial charge in [-0.15, -0.1) is 0 Å². The smallest absolute Gasteiger partial charge is 0.314 e. The number of carbonyl (C=O) groups is 4. The predicted molar refractivity (Wildman–Crippen MR) is 129 cm³/mol. The molecule has 0 saturated carbocycles. The Kier molecular flexibility index (Phi) is 10.6. The largest absolute Gasteiger partial charge is 0.481 e. The zero-order valence-corrected chi connectivity index (χ0v) is 19.5. The molecule has 0 aliphatic rings. The first-order valence-corrected chi connectivity index (χ1v) is 11.2. The third-order valence-corrected chi connectivity index (χ3v) is 4.87. The summed E-state index contributed by atoms with van der Waals surface area (Å²) in [5.74, 6) is -1.86. The fourth-order valence-corrected chi connectivity index (χ4v) is 3.24. The molecule has 2 aromatic rings. The van der Waals surface area contributed by atoms with Crippen LogP contribution < -0.4 is 21.3 Å². The number of amides is 4. The summed E-state index contributed by atoms with van der Waals surface area (Å²) in [4.78, 5) is 47.1. The minimum atomic E-state index is -1.05. The van der Waals surface area contributed by atoms with Gasteiger partial charge in [0.1, 0.15) is 0 Å². The maximum absolute atomic E-state index is 12.3. The highest BCUT2D eigenvalue weighted by Crippen LogP contribution is 2.23. The molecule has 5 N–H and O–H groups in total. The summed E-state index contributed by atoms with van der Waals surface area (Å²) < 4.78 is 0. The number of carboxylic acids is 1. The van der Waals surface area contributed by atoms with Crippen LogP contribution in [0.4, 0.5) is 4.79 Å². The molecule has 0 aliphatic heterocycles. The number of carbonyl (C=O) groups excluding carboxylic acids is 3. The van der Waals surface area contributed by atoms with Gasteiger partial charge in [0, 0.05) is 19.0 Å². The zero-order valence-electron chi connectivity index (χ0n) is 19.5. The van der Waals surface area contributed by atoms with Gasteiger partial charge in [0.05, 0.1) is 19.0 Å². The first kappa shape index (κ1) is 26.4. The molecule has 9 heteroatoms. The molecule has 2 aromatic carbocycles. The second-order valence-electron chi connectivity index (χ2n) is 8.14. The standard InChI is InChI=1S/C25H32N4O5/c1-17(2)28-25(34)26-14-6-9-22(30)27-16-23(31)29-21(15-24(32)33)20-12-10-19(11-13-20)18-7-4-3-5-8-18/h3-5,7-8,10-13,17,21H,6,9,14-16H2,1-2H3,(H,27,30)(H,29,31)(H,32,33)(H2,26,28,34). The molecular formula is C25H32N4O5. The summed E-state index contributed by atoms with van der Waals surface area (Å²) in [5.41, 5.74) is 2.67. The number of aliphatic carboxylic acids is 1. The Bertz CT molecular complexity index is 961. The lowest BCUT2D eigenvalue weighted by atomic mass is 9.99. The first-order chi connectivity index (χ1) is 16.2. The van der Waals surface area contributed by atoms with Gasteiger partial charge in [0.25, 0.3) is 0 Å². The van der Waals surface area contributed by atoms with Gasteiger partial charge in [-0.2, -0.15) is 0 Å². The third kappa shape index (κ3) is 9.72. The Hall–Kier alpha value is -3.88. The van der Waals surface area contributed by atoms with E-state index in [1.807, 2.05) is 56.3 Å². The summed E-state index contributed by atoms with van der Waals surface area (Å²) in [6.45, 7) is 3.76. The van der Waals surface area contributed by atoms with Gasteiger partial charge in [-0.25, -0.2) is 4.79 Å². The minimum Gasteiger partial charge on any atom is -0.481 e. The normalized spacial score (nSPS) is 11.4. The van der Waals surface area contributed by atoms with E-state index in [-0.39, 0.29) is 37.4 Å². The first-order valence-electron chi connectivity index (χ1n) is 11.2. The van der Waals surface area contributed by atoms with Gasteiger partial charge < -0.3 is 26.4 Å². The van der Waals surface area contributed by atoms with E-state index in [0.717, 1.165) is 11.1 Å². The third-order valence-electron chi connectivity index (χ3n) is 4.87. The number of rotatable bonds is 12. The molecule has 1 atom stereocenters. The molecule has 0 aromatic heterocycles. The monoisotopic (exact) mass is 468 g/mol. The second-order valence-corrected chi connectivity index (χ2v) is 8.14. The van der Waals surface area contributed by atoms with Crippen LogP contribution in [0.2, 0.25) is 0 Å². The molecule has 2 rings (SSSR count). The lowest BCUT2D eigenvalue weighted by Gasteiger charge is -2.18. The molecule has 0 fully saturated rings. The van der Waals surface area contributed by atoms with E-state index in [0.29, 0.717) is 18.5 Å². The van der Waals surface area contributed by atoms with Gasteiger partial charge in [-0.1, -0.05) is 54.6 Å². The quantitative estimate of drug-likeness (QED) is 0.305. The summed E-state index contributed by atoms with van der Waals surface area (Å²) in [6, 6.07) is 16.1. The molecule has 0 heterocycles. The maximum Gasteiger partial charge on any atom is 0.314 e. The molecule has 34 heavy (non-hydrogen) atoms. The number of carboxylic acid groups (broad SMARTS) is 1. The fourth-order valence-electron chi connectivity index (χ4n) is 3.24. The van der Waals surface area contributed by atoms with Crippen LogP contribution >= 0.6 is 0 Å². The average Bonchev–Trinajstić information content (AvgIpc) is 2.80. The number of benzene rings is 2. The summed E-state index contributed by atoms with van der Waals surface area (Å²) in [7, 11) is 0. The van der Waals surface area contributed by atoms with E-state index in [1.54, 1.807) is 12.1 Å². The highest BCUT2D eigenvalue weighted by molar-refractivity contribution is 5.85. The van der Waals surface area contributed by atoms with Crippen molar-refractivity contribution in [2.45, 2.75) is 45.2 Å². The molecule has 4 amide bonds. The molecule has 0 bridgehead atoms. The number of urea groups is 1. The van der Waals surface area contributed by atoms with Crippen molar-refractivity contribution >= 4 is 23.8 Å². The number of hydrogen-bond donors (Lipinski definition) is 5. The van der Waals surface area contributed by atoms with Crippen LogP contribution in [0.15, 0.2) is 54.6 Å². The molecule has 0 saturated heterocycles. The van der Waals surface area contributed by atoms with E-state index in [9.17, 15) is 24.3 Å². The Morgan fingerprint density at radius 1 is 0.824 bits per heavy atom. The van der Waals surface area contributed by atoms with Crippen LogP contribution in [0.25, 0.3) is 11.1 Å². The fraction of sp³-hybridized carbons (Fsp3) is 0.360. The molecule has 9 nitrogen and oxygen atoms in total. The SMILES string of the molecule is CC(C)NC(=O)NCCCC(=O)NCC(=O)NC(CC(=O)O)c1ccc(-c2ccccc2)cc1. The summed E-state index contributed by atoms with van der Waals surface area (Å²) >= 11 is 0. The Morgan fingerprint density at radius 3 is 2.09 bits per heavy atom. The maximum atomic E-state index is 12.3. The Morgan fingerprint density at radius 2 is 1.47 bits per heavy atom. The average molecular weight is 469 g/mol. The number of nitrogens with one attached hydrogen (secondary N) is 4. The van der Waals surface area contributed by atoms with Crippen molar-refractivity contribution in [2.24, 2.45) is 0 Å². The van der Waals surface area contributed by atoms with Gasteiger partial charge in [0.15, 0.2) is 0 Å². The Labute approximate surface area is 199 Å². The highest BCUT2D eigenvalue weighted by Gasteiger charge is 2.18. The van der Waals surface area contributed by atoms with E-state index < -0.39 is 17.9 Å². The van der Waals surface area contributed by atoms with Crippen molar-refractivity contribution in [1.29, 1.82) is 0 Å². The van der Waals surface area contributed by atoms with Gasteiger partial charge in [-0.3, -0.25) is 14.4 Å². The second kappa shape index (κ2) is 13.6. The van der Waals surface area contributed by atoms with Crippen LogP contribution in [0.5, 0.6) is 0 Å². The van der Waals surface area contributed by atoms with E-state index in [1.165, 1.54) is 0 Å². The predicted octanol–water partition coefficient (Wildman–Crippen LogP) is 2.59. The van der Waals surface area contributed by atoms with Gasteiger partial charge in [-0.05, 0) is 37.0 Å². The molecular weight excluding hydrogens is 436 g/mol. The van der Waals surface area contributed by atoms with Crippen molar-refractivity contribution in [3.8, 4) is 11.1 Å². The van der Waals surface area contributed by atoms with E-state index in [4.69, 9.17) is 0 Å². The summed E-state index contributed by atoms with van der Waals surface area (Å²) in [6.07, 6.45) is 0.289. The number of hydrogen-bond acceptors (Lipinski definition) is 4. The van der Waals surface area contributed by atoms with Gasteiger partial charge >= 0.3 is 12.0 Å². The van der Waals surface area contributed by atoms with Crippen molar-refractivity contribution < 1.29 is 24.3 Å². The summed E-state index contributed by atoms with van der Waals surface area (Å²) in [5, 5.41) is 19.8. The van der Waals surface area contributed by atoms with Crippen molar-refractivity contribution in [3.63, 3.8) is 0 Å². The van der Waals surface area contributed by atoms with Crippen molar-refractivity contribution in [2.75, 3.05) is 13.1 Å². The molecule has 0 spiro atoms. The minimum absolute atomic E-state index is 0.0218. The van der Waals surface area contributed by atoms with Crippen LogP contribution in [-0.2, 0) is 14.4 Å². The van der Waals surface area contributed by atoms with Crippen molar-refractivity contribution in [3.05, 3.63) is 60.2 Å². The topological polar surface area (TPSA) is 137 Å². The lowest BCUT2D eigenvalue weighted by Crippen LogP contribution is -2.40. The highest BCUT2D eigenvalue weighted by atomic mass is 16.4. The van der Waals surface area contributed by atoms with Crippen molar-refractivity contribution in [1.82, 2.24) is 21.3 Å². The van der Waals surface area contributed by atoms with Gasteiger partial charge in [0.2, 0.25) is 11.8 Å². The Balaban J connectivity index is 1.82. The van der Waals surface area contributed by atoms with Crippen LogP contribution in [-0.4, -0.2) is 48.1 Å². The van der Waals surface area contributed by atoms with Crippen LogP contribution in [0.1, 0.15) is 44.7 Å². The molecule has 1 unspecified atom stereocenters.